The maximum Gasteiger partial charge on any atom is 0.0558 e. The number of hydrogen-bond acceptors (Lipinski definition) is 3. The van der Waals surface area contributed by atoms with Crippen molar-refractivity contribution in [2.75, 3.05) is 13.2 Å². The first-order chi connectivity index (χ1) is 8.78. The summed E-state index contributed by atoms with van der Waals surface area (Å²) in [5.74, 6) is 0. The largest absolute Gasteiger partial charge is 0.395 e. The molecule has 0 fully saturated rings. The molecule has 0 saturated heterocycles. The van der Waals surface area contributed by atoms with Crippen LogP contribution in [0.25, 0.3) is 0 Å². The fraction of sp³-hybridized carbons (Fsp3) is 0.357. The Morgan fingerprint density at radius 2 is 1.89 bits per heavy atom. The molecule has 0 bridgehead atoms. The highest BCUT2D eigenvalue weighted by atomic mass is 16.3. The predicted molar refractivity (Wildman–Crippen MR) is 70.8 cm³/mol. The molecule has 0 atom stereocenters. The summed E-state index contributed by atoms with van der Waals surface area (Å²) in [5, 5.41) is 13.3. The number of rotatable bonds is 6. The van der Waals surface area contributed by atoms with Gasteiger partial charge in [0, 0.05) is 38.4 Å². The summed E-state index contributed by atoms with van der Waals surface area (Å²) in [5.41, 5.74) is 2.43. The number of benzene rings is 1. The lowest BCUT2D eigenvalue weighted by atomic mass is 10.2. The van der Waals surface area contributed by atoms with Gasteiger partial charge in [-0.25, -0.2) is 0 Å². The van der Waals surface area contributed by atoms with E-state index in [2.05, 4.69) is 22.1 Å². The molecule has 0 aliphatic heterocycles. The van der Waals surface area contributed by atoms with Crippen molar-refractivity contribution in [3.8, 4) is 0 Å². The second-order valence-corrected chi connectivity index (χ2v) is 4.44. The summed E-state index contributed by atoms with van der Waals surface area (Å²) < 4.78 is 1.80. The van der Waals surface area contributed by atoms with Crippen LogP contribution in [-0.4, -0.2) is 32.9 Å². The quantitative estimate of drug-likeness (QED) is 0.836. The number of aromatic nitrogens is 2. The van der Waals surface area contributed by atoms with Crippen LogP contribution in [0.5, 0.6) is 0 Å². The van der Waals surface area contributed by atoms with Crippen molar-refractivity contribution in [3.05, 3.63) is 53.9 Å². The predicted octanol–water partition coefficient (Wildman–Crippen LogP) is 1.41. The molecule has 0 aliphatic carbocycles. The molecule has 18 heavy (non-hydrogen) atoms. The zero-order valence-electron chi connectivity index (χ0n) is 10.7. The number of aliphatic hydroxyl groups is 1. The lowest BCUT2D eigenvalue weighted by Crippen LogP contribution is -2.25. The first kappa shape index (κ1) is 12.8. The summed E-state index contributed by atoms with van der Waals surface area (Å²) >= 11 is 0. The molecule has 0 aliphatic rings. The number of hydrogen-bond donors (Lipinski definition) is 1. The smallest absolute Gasteiger partial charge is 0.0558 e. The molecule has 1 aromatic carbocycles. The van der Waals surface area contributed by atoms with E-state index in [0.717, 1.165) is 13.1 Å². The zero-order chi connectivity index (χ0) is 12.8. The minimum Gasteiger partial charge on any atom is -0.395 e. The third-order valence-corrected chi connectivity index (χ3v) is 2.83. The molecule has 4 nitrogen and oxygen atoms in total. The van der Waals surface area contributed by atoms with Crippen molar-refractivity contribution >= 4 is 0 Å². The van der Waals surface area contributed by atoms with Crippen molar-refractivity contribution in [2.24, 2.45) is 7.05 Å². The minimum absolute atomic E-state index is 0.174. The van der Waals surface area contributed by atoms with Crippen molar-refractivity contribution in [1.29, 1.82) is 0 Å². The molecular weight excluding hydrogens is 226 g/mol. The van der Waals surface area contributed by atoms with Crippen LogP contribution in [0, 0.1) is 0 Å². The summed E-state index contributed by atoms with van der Waals surface area (Å²) in [6.45, 7) is 2.50. The Morgan fingerprint density at radius 3 is 2.50 bits per heavy atom. The van der Waals surface area contributed by atoms with Crippen LogP contribution in [0.1, 0.15) is 11.1 Å². The van der Waals surface area contributed by atoms with E-state index in [0.29, 0.717) is 6.54 Å². The van der Waals surface area contributed by atoms with Gasteiger partial charge >= 0.3 is 0 Å². The summed E-state index contributed by atoms with van der Waals surface area (Å²) in [6.07, 6.45) is 3.88. The van der Waals surface area contributed by atoms with Crippen LogP contribution in [0.15, 0.2) is 42.7 Å². The standard InChI is InChI=1S/C14H19N3O/c1-16-10-14(9-15-16)12-17(7-8-18)11-13-5-3-2-4-6-13/h2-6,9-10,18H,7-8,11-12H2,1H3. The fourth-order valence-electron chi connectivity index (χ4n) is 2.01. The number of aryl methyl sites for hydroxylation is 1. The Balaban J connectivity index is 1.99. The fourth-order valence-corrected chi connectivity index (χ4v) is 2.01. The van der Waals surface area contributed by atoms with Gasteiger partial charge in [0.2, 0.25) is 0 Å². The van der Waals surface area contributed by atoms with E-state index in [1.54, 1.807) is 4.68 Å². The topological polar surface area (TPSA) is 41.3 Å². The first-order valence-electron chi connectivity index (χ1n) is 6.12. The highest BCUT2D eigenvalue weighted by Crippen LogP contribution is 2.08. The average molecular weight is 245 g/mol. The SMILES string of the molecule is Cn1cc(CN(CCO)Cc2ccccc2)cn1. The Hall–Kier alpha value is -1.65. The molecule has 0 amide bonds. The molecule has 4 heteroatoms. The van der Waals surface area contributed by atoms with Gasteiger partial charge in [0.15, 0.2) is 0 Å². The third kappa shape index (κ3) is 3.68. The molecule has 0 spiro atoms. The van der Waals surface area contributed by atoms with Gasteiger partial charge in [-0.1, -0.05) is 30.3 Å². The molecule has 2 aromatic rings. The van der Waals surface area contributed by atoms with Gasteiger partial charge in [-0.2, -0.15) is 5.10 Å². The molecule has 1 heterocycles. The van der Waals surface area contributed by atoms with E-state index in [4.69, 9.17) is 5.11 Å². The highest BCUT2D eigenvalue weighted by molar-refractivity contribution is 5.15. The third-order valence-electron chi connectivity index (χ3n) is 2.83. The maximum atomic E-state index is 9.14. The Bertz CT molecular complexity index is 467. The monoisotopic (exact) mass is 245 g/mol. The zero-order valence-corrected chi connectivity index (χ0v) is 10.7. The average Bonchev–Trinajstić information content (AvgIpc) is 2.76. The van der Waals surface area contributed by atoms with E-state index in [1.165, 1.54) is 11.1 Å². The van der Waals surface area contributed by atoms with Gasteiger partial charge in [-0.15, -0.1) is 0 Å². The van der Waals surface area contributed by atoms with Crippen molar-refractivity contribution in [1.82, 2.24) is 14.7 Å². The lowest BCUT2D eigenvalue weighted by Gasteiger charge is -2.20. The van der Waals surface area contributed by atoms with Gasteiger partial charge in [0.25, 0.3) is 0 Å². The maximum absolute atomic E-state index is 9.14. The normalized spacial score (nSPS) is 11.1. The second-order valence-electron chi connectivity index (χ2n) is 4.44. The first-order valence-corrected chi connectivity index (χ1v) is 6.12. The van der Waals surface area contributed by atoms with Crippen LogP contribution in [0.3, 0.4) is 0 Å². The molecule has 0 radical (unpaired) electrons. The Morgan fingerprint density at radius 1 is 1.17 bits per heavy atom. The van der Waals surface area contributed by atoms with Gasteiger partial charge in [-0.05, 0) is 5.56 Å². The second kappa shape index (κ2) is 6.33. The van der Waals surface area contributed by atoms with E-state index in [9.17, 15) is 0 Å². The number of aliphatic hydroxyl groups excluding tert-OH is 1. The highest BCUT2D eigenvalue weighted by Gasteiger charge is 2.07. The Labute approximate surface area is 107 Å². The molecular formula is C14H19N3O. The van der Waals surface area contributed by atoms with Crippen LogP contribution >= 0.6 is 0 Å². The van der Waals surface area contributed by atoms with Gasteiger partial charge in [-0.3, -0.25) is 9.58 Å². The van der Waals surface area contributed by atoms with E-state index >= 15 is 0 Å². The molecule has 0 saturated carbocycles. The summed E-state index contributed by atoms with van der Waals surface area (Å²) in [4.78, 5) is 2.21. The minimum atomic E-state index is 0.174. The van der Waals surface area contributed by atoms with Crippen LogP contribution in [-0.2, 0) is 20.1 Å². The molecule has 2 rings (SSSR count). The van der Waals surface area contributed by atoms with E-state index in [-0.39, 0.29) is 6.61 Å². The van der Waals surface area contributed by atoms with Crippen molar-refractivity contribution in [2.45, 2.75) is 13.1 Å². The lowest BCUT2D eigenvalue weighted by molar-refractivity contribution is 0.184. The number of nitrogens with zero attached hydrogens (tertiary/aromatic N) is 3. The van der Waals surface area contributed by atoms with Gasteiger partial charge in [0.1, 0.15) is 0 Å². The molecule has 1 N–H and O–H groups in total. The summed E-state index contributed by atoms with van der Waals surface area (Å²) in [6, 6.07) is 10.3. The van der Waals surface area contributed by atoms with E-state index in [1.807, 2.05) is 37.6 Å². The molecule has 1 aromatic heterocycles. The van der Waals surface area contributed by atoms with Crippen LogP contribution in [0.2, 0.25) is 0 Å². The van der Waals surface area contributed by atoms with E-state index < -0.39 is 0 Å². The van der Waals surface area contributed by atoms with Crippen molar-refractivity contribution < 1.29 is 5.11 Å². The summed E-state index contributed by atoms with van der Waals surface area (Å²) in [7, 11) is 1.91. The van der Waals surface area contributed by atoms with Crippen molar-refractivity contribution in [3.63, 3.8) is 0 Å². The Kier molecular flexibility index (Phi) is 4.50. The van der Waals surface area contributed by atoms with Gasteiger partial charge in [0.05, 0.1) is 12.8 Å². The van der Waals surface area contributed by atoms with Crippen LogP contribution < -0.4 is 0 Å². The van der Waals surface area contributed by atoms with Gasteiger partial charge < -0.3 is 5.11 Å². The molecule has 0 unspecified atom stereocenters. The van der Waals surface area contributed by atoms with Crippen LogP contribution in [0.4, 0.5) is 0 Å². The molecule has 96 valence electrons.